The molecule has 0 bridgehead atoms. The van der Waals surface area contributed by atoms with E-state index in [2.05, 4.69) is 18.4 Å². The molecule has 42 heavy (non-hydrogen) atoms. The van der Waals surface area contributed by atoms with Gasteiger partial charge in [-0.25, -0.2) is 0 Å². The van der Waals surface area contributed by atoms with Crippen LogP contribution in [0, 0.1) is 6.92 Å². The third-order valence-electron chi connectivity index (χ3n) is 7.63. The summed E-state index contributed by atoms with van der Waals surface area (Å²) in [4.78, 5) is 30.8. The lowest BCUT2D eigenvalue weighted by atomic mass is 9.93. The van der Waals surface area contributed by atoms with Crippen molar-refractivity contribution in [3.63, 3.8) is 0 Å². The molecule has 2 aromatic rings. The lowest BCUT2D eigenvalue weighted by molar-refractivity contribution is -0.140. The van der Waals surface area contributed by atoms with Crippen LogP contribution in [0.5, 0.6) is 17.2 Å². The summed E-state index contributed by atoms with van der Waals surface area (Å²) in [6, 6.07) is 9.85. The number of morpholine rings is 1. The molecule has 4 rings (SSSR count). The summed E-state index contributed by atoms with van der Waals surface area (Å²) in [6.07, 6.45) is 4.74. The number of aliphatic hydroxyl groups is 1. The largest absolute Gasteiger partial charge is 0.507 e. The highest BCUT2D eigenvalue weighted by Gasteiger charge is 2.46. The van der Waals surface area contributed by atoms with Gasteiger partial charge >= 0.3 is 0 Å². The zero-order valence-corrected chi connectivity index (χ0v) is 24.9. The second kappa shape index (κ2) is 14.9. The Bertz CT molecular complexity index is 1300. The average molecular weight is 579 g/mol. The number of aryl methyl sites for hydroxylation is 1. The number of ketones is 1. The van der Waals surface area contributed by atoms with Crippen molar-refractivity contribution in [3.8, 4) is 17.2 Å². The normalized spacial score (nSPS) is 18.7. The molecule has 0 radical (unpaired) electrons. The van der Waals surface area contributed by atoms with Crippen molar-refractivity contribution in [2.45, 2.75) is 39.2 Å². The average Bonchev–Trinajstić information content (AvgIpc) is 3.26. The first kappa shape index (κ1) is 31.1. The fourth-order valence-corrected chi connectivity index (χ4v) is 5.33. The molecule has 1 amide bonds. The fourth-order valence-electron chi connectivity index (χ4n) is 5.33. The third kappa shape index (κ3) is 7.14. The quantitative estimate of drug-likeness (QED) is 0.111. The van der Waals surface area contributed by atoms with E-state index >= 15 is 0 Å². The van der Waals surface area contributed by atoms with Crippen LogP contribution in [-0.4, -0.2) is 86.3 Å². The van der Waals surface area contributed by atoms with Gasteiger partial charge < -0.3 is 29.0 Å². The lowest BCUT2D eigenvalue weighted by Crippen LogP contribution is -2.42. The number of amides is 1. The van der Waals surface area contributed by atoms with Crippen LogP contribution in [0.25, 0.3) is 5.76 Å². The van der Waals surface area contributed by atoms with Crippen LogP contribution in [0.2, 0.25) is 0 Å². The smallest absolute Gasteiger partial charge is 0.295 e. The molecule has 226 valence electrons. The Morgan fingerprint density at radius 1 is 1.07 bits per heavy atom. The maximum Gasteiger partial charge on any atom is 0.295 e. The van der Waals surface area contributed by atoms with Gasteiger partial charge in [0.25, 0.3) is 11.7 Å². The van der Waals surface area contributed by atoms with E-state index in [4.69, 9.17) is 18.9 Å². The molecular weight excluding hydrogens is 536 g/mol. The second-order valence-electron chi connectivity index (χ2n) is 10.5. The lowest BCUT2D eigenvalue weighted by Gasteiger charge is -2.31. The molecule has 1 atom stereocenters. The Morgan fingerprint density at radius 3 is 2.55 bits per heavy atom. The Morgan fingerprint density at radius 2 is 1.86 bits per heavy atom. The minimum Gasteiger partial charge on any atom is -0.507 e. The second-order valence-corrected chi connectivity index (χ2v) is 10.5. The molecule has 2 fully saturated rings. The maximum atomic E-state index is 13.6. The first-order chi connectivity index (χ1) is 20.4. The van der Waals surface area contributed by atoms with Crippen molar-refractivity contribution in [2.24, 2.45) is 0 Å². The molecule has 9 heteroatoms. The number of likely N-dealkylation sites (tertiary alicyclic amines) is 1. The number of benzene rings is 2. The third-order valence-corrected chi connectivity index (χ3v) is 7.63. The Kier molecular flexibility index (Phi) is 11.0. The Labute approximate surface area is 248 Å². The SMILES string of the molecule is C=CCOc1ccc(C(O)=C2C(=O)C(=O)N(CCN3CCOCC3)C2c2ccc(OCCCCC)c(OC)c2)c(C)c1. The predicted octanol–water partition coefficient (Wildman–Crippen LogP) is 4.89. The van der Waals surface area contributed by atoms with Crippen molar-refractivity contribution in [3.05, 3.63) is 71.3 Å². The first-order valence-electron chi connectivity index (χ1n) is 14.6. The summed E-state index contributed by atoms with van der Waals surface area (Å²) in [7, 11) is 1.56. The van der Waals surface area contributed by atoms with Crippen LogP contribution in [-0.2, 0) is 14.3 Å². The van der Waals surface area contributed by atoms with Gasteiger partial charge in [0.2, 0.25) is 0 Å². The molecule has 1 N–H and O–H groups in total. The highest BCUT2D eigenvalue weighted by atomic mass is 16.5. The number of hydrogen-bond donors (Lipinski definition) is 1. The Hall–Kier alpha value is -3.82. The van der Waals surface area contributed by atoms with Crippen molar-refractivity contribution in [1.29, 1.82) is 0 Å². The molecule has 2 heterocycles. The number of rotatable bonds is 14. The van der Waals surface area contributed by atoms with Gasteiger partial charge in [0.05, 0.1) is 38.5 Å². The van der Waals surface area contributed by atoms with Gasteiger partial charge in [-0.15, -0.1) is 0 Å². The summed E-state index contributed by atoms with van der Waals surface area (Å²) in [5.74, 6) is 0.128. The van der Waals surface area contributed by atoms with Crippen LogP contribution in [0.3, 0.4) is 0 Å². The standard InChI is InChI=1S/C33H42N2O7/c1-5-7-8-18-42-27-12-9-24(22-28(27)39-4)30-29(31(36)26-11-10-25(21-23(26)3)41-17-6-2)32(37)33(38)35(30)14-13-34-15-19-40-20-16-34/h6,9-12,21-22,30,36H,2,5,7-8,13-20H2,1,3-4H3. The first-order valence-corrected chi connectivity index (χ1v) is 14.6. The summed E-state index contributed by atoms with van der Waals surface area (Å²) < 4.78 is 22.7. The summed E-state index contributed by atoms with van der Waals surface area (Å²) >= 11 is 0. The highest BCUT2D eigenvalue weighted by molar-refractivity contribution is 6.46. The number of hydrogen-bond acceptors (Lipinski definition) is 8. The van der Waals surface area contributed by atoms with Crippen LogP contribution in [0.1, 0.15) is 48.9 Å². The van der Waals surface area contributed by atoms with Gasteiger partial charge in [-0.2, -0.15) is 0 Å². The minimum atomic E-state index is -0.801. The number of carbonyl (C=O) groups excluding carboxylic acids is 2. The van der Waals surface area contributed by atoms with E-state index in [0.717, 1.165) is 32.4 Å². The molecule has 0 aromatic heterocycles. The molecule has 2 saturated heterocycles. The van der Waals surface area contributed by atoms with Crippen LogP contribution >= 0.6 is 0 Å². The maximum absolute atomic E-state index is 13.6. The molecule has 2 aromatic carbocycles. The van der Waals surface area contributed by atoms with E-state index in [9.17, 15) is 14.7 Å². The van der Waals surface area contributed by atoms with Crippen molar-refractivity contribution >= 4 is 17.4 Å². The van der Waals surface area contributed by atoms with Crippen molar-refractivity contribution in [1.82, 2.24) is 9.80 Å². The highest BCUT2D eigenvalue weighted by Crippen LogP contribution is 2.42. The zero-order valence-electron chi connectivity index (χ0n) is 24.9. The number of unbranched alkanes of at least 4 members (excludes halogenated alkanes) is 2. The molecular formula is C33H42N2O7. The molecule has 2 aliphatic heterocycles. The van der Waals surface area contributed by atoms with Crippen molar-refractivity contribution in [2.75, 3.05) is 59.7 Å². The van der Waals surface area contributed by atoms with E-state index in [1.165, 1.54) is 0 Å². The van der Waals surface area contributed by atoms with Gasteiger partial charge in [-0.1, -0.05) is 38.5 Å². The van der Waals surface area contributed by atoms with Crippen molar-refractivity contribution < 1.29 is 33.6 Å². The molecule has 0 spiro atoms. The number of nitrogens with zero attached hydrogens (tertiary/aromatic N) is 2. The van der Waals surface area contributed by atoms with Gasteiger partial charge in [-0.05, 0) is 54.8 Å². The molecule has 0 aliphatic carbocycles. The topological polar surface area (TPSA) is 97.8 Å². The van der Waals surface area contributed by atoms with E-state index in [-0.39, 0.29) is 11.3 Å². The van der Waals surface area contributed by atoms with Gasteiger partial charge in [-0.3, -0.25) is 14.5 Å². The number of ether oxygens (including phenoxy) is 4. The number of carbonyl (C=O) groups is 2. The molecule has 0 saturated carbocycles. The van der Waals surface area contributed by atoms with Gasteiger partial charge in [0.1, 0.15) is 18.1 Å². The van der Waals surface area contributed by atoms with E-state index in [0.29, 0.717) is 73.5 Å². The fraction of sp³-hybridized carbons (Fsp3) is 0.455. The van der Waals surface area contributed by atoms with Crippen LogP contribution < -0.4 is 14.2 Å². The molecule has 2 aliphatic rings. The summed E-state index contributed by atoms with van der Waals surface area (Å²) in [5.41, 5.74) is 1.86. The van der Waals surface area contributed by atoms with E-state index in [1.807, 2.05) is 13.0 Å². The number of aliphatic hydroxyl groups excluding tert-OH is 1. The molecule has 1 unspecified atom stereocenters. The van der Waals surface area contributed by atoms with Gasteiger partial charge in [0, 0.05) is 31.7 Å². The minimum absolute atomic E-state index is 0.0449. The predicted molar refractivity (Wildman–Crippen MR) is 161 cm³/mol. The van der Waals surface area contributed by atoms with E-state index in [1.54, 1.807) is 48.4 Å². The van der Waals surface area contributed by atoms with Crippen LogP contribution in [0.15, 0.2) is 54.6 Å². The monoisotopic (exact) mass is 578 g/mol. The van der Waals surface area contributed by atoms with E-state index < -0.39 is 17.7 Å². The van der Waals surface area contributed by atoms with Crippen LogP contribution in [0.4, 0.5) is 0 Å². The summed E-state index contributed by atoms with van der Waals surface area (Å²) in [5, 5.41) is 11.6. The molecule has 9 nitrogen and oxygen atoms in total. The summed E-state index contributed by atoms with van der Waals surface area (Å²) in [6.45, 7) is 12.2. The number of Topliss-reactive ketones (excluding diaryl/α,β-unsaturated/α-hetero) is 1. The number of methoxy groups -OCH3 is 1. The Balaban J connectivity index is 1.73. The zero-order chi connectivity index (χ0) is 30.1. The van der Waals surface area contributed by atoms with Gasteiger partial charge in [0.15, 0.2) is 11.5 Å².